The second kappa shape index (κ2) is 10.9. The van der Waals surface area contributed by atoms with Crippen molar-refractivity contribution in [2.45, 2.75) is 70.2 Å². The lowest BCUT2D eigenvalue weighted by atomic mass is 10.1. The summed E-state index contributed by atoms with van der Waals surface area (Å²) in [5.41, 5.74) is -0.913. The van der Waals surface area contributed by atoms with Gasteiger partial charge in [-0.3, -0.25) is 4.90 Å². The molecule has 2 atom stereocenters. The zero-order chi connectivity index (χ0) is 24.0. The molecule has 33 heavy (non-hydrogen) atoms. The number of hydrogen-bond acceptors (Lipinski definition) is 6. The van der Waals surface area contributed by atoms with Crippen molar-refractivity contribution in [3.8, 4) is 17.1 Å². The van der Waals surface area contributed by atoms with Crippen LogP contribution in [0.25, 0.3) is 11.4 Å². The summed E-state index contributed by atoms with van der Waals surface area (Å²) in [4.78, 5) is 16.4. The Bertz CT molecular complexity index is 934. The largest absolute Gasteiger partial charge is 0.493 e. The van der Waals surface area contributed by atoms with Crippen LogP contribution in [0.2, 0.25) is 0 Å². The number of halogens is 3. The molecular formula is C22H28F3N3O5. The normalized spacial score (nSPS) is 18.6. The molecule has 182 valence electrons. The number of hydrogen-bond donors (Lipinski definition) is 2. The summed E-state index contributed by atoms with van der Waals surface area (Å²) in [7, 11) is 0. The van der Waals surface area contributed by atoms with Gasteiger partial charge in [0, 0.05) is 12.1 Å². The predicted molar refractivity (Wildman–Crippen MR) is 112 cm³/mol. The van der Waals surface area contributed by atoms with Crippen molar-refractivity contribution >= 4 is 6.09 Å². The lowest BCUT2D eigenvalue weighted by molar-refractivity contribution is -0.138. The number of likely N-dealkylation sites (tertiary alicyclic amines) is 1. The van der Waals surface area contributed by atoms with E-state index in [-0.39, 0.29) is 42.6 Å². The van der Waals surface area contributed by atoms with Crippen molar-refractivity contribution in [3.05, 3.63) is 29.7 Å². The van der Waals surface area contributed by atoms with Gasteiger partial charge in [0.1, 0.15) is 11.8 Å². The van der Waals surface area contributed by atoms with Gasteiger partial charge in [-0.1, -0.05) is 44.2 Å². The van der Waals surface area contributed by atoms with E-state index < -0.39 is 30.0 Å². The fourth-order valence-electron chi connectivity index (χ4n) is 3.84. The Hall–Kier alpha value is -2.82. The molecule has 1 aliphatic rings. The summed E-state index contributed by atoms with van der Waals surface area (Å²) in [6.07, 6.45) is -0.804. The Morgan fingerprint density at radius 2 is 1.97 bits per heavy atom. The van der Waals surface area contributed by atoms with E-state index in [2.05, 4.69) is 17.1 Å². The van der Waals surface area contributed by atoms with Crippen LogP contribution in [0.3, 0.4) is 0 Å². The zero-order valence-corrected chi connectivity index (χ0v) is 18.3. The van der Waals surface area contributed by atoms with Crippen molar-refractivity contribution in [1.29, 1.82) is 0 Å². The summed E-state index contributed by atoms with van der Waals surface area (Å²) >= 11 is 0. The second-order valence-electron chi connectivity index (χ2n) is 8.06. The molecule has 1 fully saturated rings. The number of carboxylic acid groups (broad SMARTS) is 1. The fraction of sp³-hybridized carbons (Fsp3) is 0.591. The minimum atomic E-state index is -4.65. The molecule has 2 aromatic rings. The maximum Gasteiger partial charge on any atom is 0.419 e. The smallest absolute Gasteiger partial charge is 0.419 e. The molecule has 0 saturated carbocycles. The van der Waals surface area contributed by atoms with Crippen molar-refractivity contribution in [2.75, 3.05) is 13.2 Å². The van der Waals surface area contributed by atoms with Gasteiger partial charge in [-0.05, 0) is 31.0 Å². The fourth-order valence-corrected chi connectivity index (χ4v) is 3.84. The number of amides is 1. The van der Waals surface area contributed by atoms with E-state index in [4.69, 9.17) is 9.26 Å². The topological polar surface area (TPSA) is 109 Å². The van der Waals surface area contributed by atoms with Gasteiger partial charge < -0.3 is 19.5 Å². The molecule has 8 nitrogen and oxygen atoms in total. The third-order valence-corrected chi connectivity index (χ3v) is 5.61. The van der Waals surface area contributed by atoms with Crippen LogP contribution in [-0.4, -0.2) is 50.6 Å². The number of ether oxygens (including phenoxy) is 1. The third-order valence-electron chi connectivity index (χ3n) is 5.61. The summed E-state index contributed by atoms with van der Waals surface area (Å²) in [5, 5.41) is 23.1. The Morgan fingerprint density at radius 3 is 2.67 bits per heavy atom. The monoisotopic (exact) mass is 471 g/mol. The molecule has 0 bridgehead atoms. The van der Waals surface area contributed by atoms with Gasteiger partial charge in [0.15, 0.2) is 0 Å². The van der Waals surface area contributed by atoms with E-state index in [1.165, 1.54) is 12.1 Å². The molecule has 0 radical (unpaired) electrons. The minimum Gasteiger partial charge on any atom is -0.493 e. The molecule has 1 aromatic heterocycles. The average molecular weight is 471 g/mol. The van der Waals surface area contributed by atoms with E-state index >= 15 is 0 Å². The van der Waals surface area contributed by atoms with Gasteiger partial charge in [0.2, 0.25) is 5.82 Å². The van der Waals surface area contributed by atoms with Gasteiger partial charge in [-0.15, -0.1) is 0 Å². The van der Waals surface area contributed by atoms with Gasteiger partial charge in [0.25, 0.3) is 5.89 Å². The minimum absolute atomic E-state index is 0.0404. The first kappa shape index (κ1) is 24.8. The average Bonchev–Trinajstić information content (AvgIpc) is 3.39. The molecular weight excluding hydrogens is 443 g/mol. The Morgan fingerprint density at radius 1 is 1.24 bits per heavy atom. The molecule has 2 heterocycles. The molecule has 0 spiro atoms. The first-order chi connectivity index (χ1) is 15.7. The van der Waals surface area contributed by atoms with E-state index in [1.807, 2.05) is 0 Å². The van der Waals surface area contributed by atoms with Gasteiger partial charge >= 0.3 is 12.3 Å². The number of aliphatic hydroxyl groups is 1. The lowest BCUT2D eigenvalue weighted by Gasteiger charge is -2.19. The number of aliphatic hydroxyl groups excluding tert-OH is 1. The second-order valence-corrected chi connectivity index (χ2v) is 8.06. The predicted octanol–water partition coefficient (Wildman–Crippen LogP) is 5.28. The van der Waals surface area contributed by atoms with Gasteiger partial charge in [0.05, 0.1) is 18.3 Å². The highest BCUT2D eigenvalue weighted by Gasteiger charge is 2.41. The zero-order valence-electron chi connectivity index (χ0n) is 18.3. The molecule has 1 saturated heterocycles. The molecule has 1 aromatic carbocycles. The van der Waals surface area contributed by atoms with Crippen LogP contribution in [0.5, 0.6) is 5.75 Å². The van der Waals surface area contributed by atoms with Crippen LogP contribution >= 0.6 is 0 Å². The first-order valence-corrected chi connectivity index (χ1v) is 11.1. The van der Waals surface area contributed by atoms with E-state index in [0.29, 0.717) is 6.42 Å². The number of aromatic nitrogens is 2. The van der Waals surface area contributed by atoms with Crippen LogP contribution < -0.4 is 4.74 Å². The van der Waals surface area contributed by atoms with E-state index in [1.54, 1.807) is 0 Å². The summed E-state index contributed by atoms with van der Waals surface area (Å²) < 4.78 is 51.5. The van der Waals surface area contributed by atoms with Gasteiger partial charge in [-0.2, -0.15) is 18.2 Å². The van der Waals surface area contributed by atoms with E-state index in [0.717, 1.165) is 43.1 Å². The van der Waals surface area contributed by atoms with Crippen LogP contribution in [0.1, 0.15) is 69.4 Å². The maximum absolute atomic E-state index is 13.7. The molecule has 1 aliphatic heterocycles. The molecule has 11 heteroatoms. The highest BCUT2D eigenvalue weighted by molar-refractivity contribution is 5.66. The van der Waals surface area contributed by atoms with Crippen LogP contribution in [0.15, 0.2) is 22.7 Å². The van der Waals surface area contributed by atoms with Gasteiger partial charge in [-0.25, -0.2) is 4.79 Å². The molecule has 3 rings (SSSR count). The highest BCUT2D eigenvalue weighted by Crippen LogP contribution is 2.39. The van der Waals surface area contributed by atoms with Crippen LogP contribution in [-0.2, 0) is 6.18 Å². The summed E-state index contributed by atoms with van der Waals surface area (Å²) in [5.74, 6) is -0.580. The molecule has 2 N–H and O–H groups in total. The standard InChI is InChI=1S/C22H28F3N3O5/c1-2-3-4-5-6-7-12-32-17-9-8-14(13-15(17)22(23,24)25)19-26-20(33-27-19)18-16(29)10-11-28(18)21(30)31/h8-9,13,16,18,29H,2-7,10-12H2,1H3,(H,30,31)/t16-,18-/m0/s1. The number of carbonyl (C=O) groups is 1. The summed E-state index contributed by atoms with van der Waals surface area (Å²) in [6.45, 7) is 2.39. The SMILES string of the molecule is CCCCCCCCOc1ccc(-c2noc([C@@H]3[C@@H](O)CCN3C(=O)O)n2)cc1C(F)(F)F. The maximum atomic E-state index is 13.7. The quantitative estimate of drug-likeness (QED) is 0.454. The first-order valence-electron chi connectivity index (χ1n) is 11.1. The van der Waals surface area contributed by atoms with Crippen molar-refractivity contribution in [1.82, 2.24) is 15.0 Å². The Labute approximate surface area is 189 Å². The number of nitrogens with zero attached hydrogens (tertiary/aromatic N) is 3. The van der Waals surface area contributed by atoms with Crippen molar-refractivity contribution in [3.63, 3.8) is 0 Å². The van der Waals surface area contributed by atoms with Crippen molar-refractivity contribution < 1.29 is 37.4 Å². The van der Waals surface area contributed by atoms with E-state index in [9.17, 15) is 28.2 Å². The molecule has 0 unspecified atom stereocenters. The number of rotatable bonds is 10. The Balaban J connectivity index is 1.73. The molecule has 1 amide bonds. The Kier molecular flexibility index (Phi) is 8.17. The number of alkyl halides is 3. The summed E-state index contributed by atoms with van der Waals surface area (Å²) in [6, 6.07) is 2.43. The number of unbranched alkanes of at least 4 members (excludes halogenated alkanes) is 5. The third kappa shape index (κ3) is 6.16. The van der Waals surface area contributed by atoms with Crippen molar-refractivity contribution in [2.24, 2.45) is 0 Å². The van der Waals surface area contributed by atoms with Crippen LogP contribution in [0.4, 0.5) is 18.0 Å². The molecule has 0 aliphatic carbocycles. The number of benzene rings is 1. The van der Waals surface area contributed by atoms with Crippen LogP contribution in [0, 0.1) is 0 Å². The highest BCUT2D eigenvalue weighted by atomic mass is 19.4. The lowest BCUT2D eigenvalue weighted by Crippen LogP contribution is -2.32.